The molecule has 0 saturated carbocycles. The first-order valence-electron chi connectivity index (χ1n) is 8.28. The molecule has 5 nitrogen and oxygen atoms in total. The number of amides is 1. The summed E-state index contributed by atoms with van der Waals surface area (Å²) < 4.78 is 10.5. The van der Waals surface area contributed by atoms with Gasteiger partial charge in [-0.25, -0.2) is 4.99 Å². The number of benzene rings is 1. The first-order chi connectivity index (χ1) is 12.6. The molecule has 3 rings (SSSR count). The summed E-state index contributed by atoms with van der Waals surface area (Å²) in [6.07, 6.45) is 5.34. The van der Waals surface area contributed by atoms with E-state index < -0.39 is 0 Å². The summed E-state index contributed by atoms with van der Waals surface area (Å²) in [6, 6.07) is 8.81. The van der Waals surface area contributed by atoms with Crippen LogP contribution in [0.5, 0.6) is 5.75 Å². The Hall–Kier alpha value is -2.18. The number of methoxy groups -OCH3 is 1. The van der Waals surface area contributed by atoms with E-state index in [4.69, 9.17) is 20.8 Å². The van der Waals surface area contributed by atoms with Crippen molar-refractivity contribution < 1.29 is 13.9 Å². The van der Waals surface area contributed by atoms with Crippen LogP contribution in [0.3, 0.4) is 0 Å². The molecule has 26 heavy (non-hydrogen) atoms. The van der Waals surface area contributed by atoms with E-state index in [1.165, 1.54) is 0 Å². The first kappa shape index (κ1) is 18.6. The molecule has 0 N–H and O–H groups in total. The molecule has 1 aromatic heterocycles. The Kier molecular flexibility index (Phi) is 6.06. The second-order valence-electron chi connectivity index (χ2n) is 5.60. The number of unbranched alkanes of at least 4 members (excludes halogenated alkanes) is 1. The van der Waals surface area contributed by atoms with Crippen molar-refractivity contribution in [3.8, 4) is 5.75 Å². The largest absolute Gasteiger partial charge is 0.495 e. The summed E-state index contributed by atoms with van der Waals surface area (Å²) in [7, 11) is 1.56. The highest BCUT2D eigenvalue weighted by Gasteiger charge is 2.32. The summed E-state index contributed by atoms with van der Waals surface area (Å²) in [5.41, 5.74) is 0.997. The molecule has 0 bridgehead atoms. The normalized spacial score (nSPS) is 15.7. The van der Waals surface area contributed by atoms with Crippen LogP contribution in [-0.4, -0.2) is 23.9 Å². The fourth-order valence-electron chi connectivity index (χ4n) is 2.43. The number of hydrogen-bond donors (Lipinski definition) is 0. The lowest BCUT2D eigenvalue weighted by atomic mass is 10.2. The molecule has 1 aromatic carbocycles. The predicted molar refractivity (Wildman–Crippen MR) is 107 cm³/mol. The van der Waals surface area contributed by atoms with Gasteiger partial charge in [-0.1, -0.05) is 36.7 Å². The van der Waals surface area contributed by atoms with Gasteiger partial charge in [0.1, 0.15) is 17.2 Å². The highest BCUT2D eigenvalue weighted by molar-refractivity contribution is 8.14. The van der Waals surface area contributed by atoms with Crippen molar-refractivity contribution in [3.05, 3.63) is 53.1 Å². The number of ether oxygens (including phenoxy) is 1. The van der Waals surface area contributed by atoms with E-state index in [1.807, 2.05) is 0 Å². The Morgan fingerprint density at radius 1 is 1.38 bits per heavy atom. The number of carbonyl (C=O) groups is 1. The molecule has 0 radical (unpaired) electrons. The number of aliphatic imine (C=N–C) groups is 1. The van der Waals surface area contributed by atoms with Crippen molar-refractivity contribution in [1.29, 1.82) is 0 Å². The minimum absolute atomic E-state index is 0.207. The molecule has 2 heterocycles. The van der Waals surface area contributed by atoms with Gasteiger partial charge in [0.15, 0.2) is 5.17 Å². The molecule has 7 heteroatoms. The molecule has 2 aromatic rings. The Labute approximate surface area is 161 Å². The Balaban J connectivity index is 1.94. The molecule has 1 amide bonds. The Bertz CT molecular complexity index is 846. The lowest BCUT2D eigenvalue weighted by Crippen LogP contribution is -2.30. The maximum atomic E-state index is 13.0. The minimum Gasteiger partial charge on any atom is -0.495 e. The van der Waals surface area contributed by atoms with Gasteiger partial charge in [0.2, 0.25) is 0 Å². The van der Waals surface area contributed by atoms with Gasteiger partial charge in [0, 0.05) is 11.8 Å². The first-order valence-corrected chi connectivity index (χ1v) is 9.65. The van der Waals surface area contributed by atoms with Crippen molar-refractivity contribution >= 4 is 46.2 Å². The van der Waals surface area contributed by atoms with Gasteiger partial charge >= 0.3 is 0 Å². The van der Waals surface area contributed by atoms with Gasteiger partial charge in [-0.15, -0.1) is 0 Å². The van der Waals surface area contributed by atoms with E-state index >= 15 is 0 Å². The monoisotopic (exact) mass is 390 g/mol. The second kappa shape index (κ2) is 8.47. The third-order valence-corrected chi connectivity index (χ3v) is 5.09. The number of thioether (sulfide) groups is 1. The maximum Gasteiger partial charge on any atom is 0.283 e. The molecule has 0 spiro atoms. The zero-order valence-electron chi connectivity index (χ0n) is 14.6. The topological polar surface area (TPSA) is 55.0 Å². The summed E-state index contributed by atoms with van der Waals surface area (Å²) in [5, 5.41) is 1.08. The molecule has 1 aliphatic rings. The van der Waals surface area contributed by atoms with Crippen LogP contribution in [0.1, 0.15) is 25.5 Å². The molecule has 0 fully saturated rings. The third kappa shape index (κ3) is 3.97. The molecule has 0 unspecified atom stereocenters. The Morgan fingerprint density at radius 2 is 2.23 bits per heavy atom. The SMILES string of the molecule is CCCCSC1=N/C(=C\c2ccco2)C(=O)N1c1ccc(OC)c(Cl)c1. The van der Waals surface area contributed by atoms with E-state index in [-0.39, 0.29) is 5.91 Å². The summed E-state index contributed by atoms with van der Waals surface area (Å²) in [6.45, 7) is 2.13. The fraction of sp³-hybridized carbons (Fsp3) is 0.263. The highest BCUT2D eigenvalue weighted by atomic mass is 35.5. The highest BCUT2D eigenvalue weighted by Crippen LogP contribution is 2.34. The zero-order chi connectivity index (χ0) is 18.5. The summed E-state index contributed by atoms with van der Waals surface area (Å²) in [4.78, 5) is 19.1. The molecular weight excluding hydrogens is 372 g/mol. The van der Waals surface area contributed by atoms with Gasteiger partial charge in [0.25, 0.3) is 5.91 Å². The molecular formula is C19H19ClN2O3S. The van der Waals surface area contributed by atoms with Crippen LogP contribution < -0.4 is 9.64 Å². The van der Waals surface area contributed by atoms with Crippen LogP contribution in [0.2, 0.25) is 5.02 Å². The number of hydrogen-bond acceptors (Lipinski definition) is 5. The Morgan fingerprint density at radius 3 is 2.88 bits per heavy atom. The number of anilines is 1. The van der Waals surface area contributed by atoms with Crippen LogP contribution in [0.25, 0.3) is 6.08 Å². The van der Waals surface area contributed by atoms with Crippen molar-refractivity contribution in [1.82, 2.24) is 0 Å². The van der Waals surface area contributed by atoms with Crippen molar-refractivity contribution in [2.75, 3.05) is 17.8 Å². The average Bonchev–Trinajstić information content (AvgIpc) is 3.24. The van der Waals surface area contributed by atoms with E-state index in [0.717, 1.165) is 18.6 Å². The predicted octanol–water partition coefficient (Wildman–Crippen LogP) is 5.22. The van der Waals surface area contributed by atoms with Crippen molar-refractivity contribution in [3.63, 3.8) is 0 Å². The maximum absolute atomic E-state index is 13.0. The lowest BCUT2D eigenvalue weighted by Gasteiger charge is -2.18. The van der Waals surface area contributed by atoms with Crippen LogP contribution in [0.4, 0.5) is 5.69 Å². The van der Waals surface area contributed by atoms with Crippen LogP contribution in [0, 0.1) is 0 Å². The van der Waals surface area contributed by atoms with E-state index in [2.05, 4.69) is 11.9 Å². The lowest BCUT2D eigenvalue weighted by molar-refractivity contribution is -0.113. The van der Waals surface area contributed by atoms with Crippen molar-refractivity contribution in [2.45, 2.75) is 19.8 Å². The molecule has 136 valence electrons. The quantitative estimate of drug-likeness (QED) is 0.501. The summed E-state index contributed by atoms with van der Waals surface area (Å²) in [5.74, 6) is 1.83. The van der Waals surface area contributed by atoms with Gasteiger partial charge in [-0.2, -0.15) is 0 Å². The van der Waals surface area contributed by atoms with E-state index in [0.29, 0.717) is 33.1 Å². The van der Waals surface area contributed by atoms with Crippen molar-refractivity contribution in [2.24, 2.45) is 4.99 Å². The second-order valence-corrected chi connectivity index (χ2v) is 7.07. The standard InChI is InChI=1S/C19H19ClN2O3S/c1-3-4-10-26-19-21-16(12-14-6-5-9-25-14)18(23)22(19)13-7-8-17(24-2)15(20)11-13/h5-9,11-12H,3-4,10H2,1-2H3/b16-12-. The number of carbonyl (C=O) groups excluding carboxylic acids is 1. The fourth-order valence-corrected chi connectivity index (χ4v) is 3.78. The van der Waals surface area contributed by atoms with Crippen LogP contribution in [0.15, 0.2) is 51.7 Å². The number of amidine groups is 1. The minimum atomic E-state index is -0.207. The smallest absolute Gasteiger partial charge is 0.283 e. The van der Waals surface area contributed by atoms with Crippen LogP contribution >= 0.6 is 23.4 Å². The number of rotatable bonds is 6. The molecule has 1 aliphatic heterocycles. The van der Waals surface area contributed by atoms with E-state index in [1.54, 1.807) is 66.4 Å². The van der Waals surface area contributed by atoms with Gasteiger partial charge in [-0.05, 0) is 36.8 Å². The number of furan rings is 1. The van der Waals surface area contributed by atoms with Gasteiger partial charge in [0.05, 0.1) is 24.1 Å². The van der Waals surface area contributed by atoms with E-state index in [9.17, 15) is 4.79 Å². The number of nitrogens with zero attached hydrogens (tertiary/aromatic N) is 2. The third-order valence-electron chi connectivity index (χ3n) is 3.77. The molecule has 0 atom stereocenters. The van der Waals surface area contributed by atoms with Gasteiger partial charge in [-0.3, -0.25) is 9.69 Å². The number of halogens is 1. The van der Waals surface area contributed by atoms with Gasteiger partial charge < -0.3 is 9.15 Å². The average molecular weight is 391 g/mol. The molecule has 0 aliphatic carbocycles. The van der Waals surface area contributed by atoms with Crippen LogP contribution in [-0.2, 0) is 4.79 Å². The summed E-state index contributed by atoms with van der Waals surface area (Å²) >= 11 is 7.80. The zero-order valence-corrected chi connectivity index (χ0v) is 16.1. The molecule has 0 saturated heterocycles.